The number of amides is 5. The molecule has 1 aromatic carbocycles. The van der Waals surface area contributed by atoms with Crippen LogP contribution in [0.5, 0.6) is 0 Å². The van der Waals surface area contributed by atoms with E-state index >= 15 is 0 Å². The molecule has 4 bridgehead atoms. The zero-order chi connectivity index (χ0) is 34.3. The first-order chi connectivity index (χ1) is 23.5. The summed E-state index contributed by atoms with van der Waals surface area (Å²) in [6.45, 7) is 0.341. The van der Waals surface area contributed by atoms with E-state index in [4.69, 9.17) is 9.47 Å². The third-order valence-corrected chi connectivity index (χ3v) is 12.6. The molecule has 4 fully saturated rings. The van der Waals surface area contributed by atoms with E-state index in [1.807, 2.05) is 30.3 Å². The number of carbonyl (C=O) groups is 5. The molecule has 15 heteroatoms. The summed E-state index contributed by atoms with van der Waals surface area (Å²) in [7, 11) is -4.36. The lowest BCUT2D eigenvalue weighted by Gasteiger charge is -2.37. The highest BCUT2D eigenvalue weighted by atomic mass is 32.2. The number of ether oxygens (including phenoxy) is 2. The average molecular weight is 698 g/mol. The number of hydrogen-bond acceptors (Lipinski definition) is 9. The monoisotopic (exact) mass is 697 g/mol. The number of fused-ring (bicyclic) bond motifs is 5. The average Bonchev–Trinajstić information content (AvgIpc) is 3.43. The highest BCUT2D eigenvalue weighted by molar-refractivity contribution is 7.90. The normalized spacial score (nSPS) is 34.5. The minimum atomic E-state index is -4.36. The van der Waals surface area contributed by atoms with Crippen LogP contribution in [-0.2, 0) is 46.8 Å². The minimum absolute atomic E-state index is 0.0349. The number of allylic oxidation sites excluding steroid dienone is 1. The molecule has 2 aliphatic carbocycles. The zero-order valence-corrected chi connectivity index (χ0v) is 28.1. The molecule has 4 heterocycles. The van der Waals surface area contributed by atoms with Crippen LogP contribution < -0.4 is 15.4 Å². The molecule has 6 aliphatic rings. The fourth-order valence-electron chi connectivity index (χ4n) is 7.92. The van der Waals surface area contributed by atoms with E-state index in [0.29, 0.717) is 32.4 Å². The van der Waals surface area contributed by atoms with Crippen LogP contribution in [-0.4, -0.2) is 96.3 Å². The molecule has 4 aliphatic heterocycles. The van der Waals surface area contributed by atoms with Crippen LogP contribution >= 0.6 is 0 Å². The molecule has 2 saturated heterocycles. The van der Waals surface area contributed by atoms with E-state index in [2.05, 4.69) is 21.4 Å². The molecule has 1 aromatic rings. The highest BCUT2D eigenvalue weighted by Crippen LogP contribution is 2.38. The number of rotatable bonds is 1. The van der Waals surface area contributed by atoms with Gasteiger partial charge in [-0.1, -0.05) is 49.3 Å². The Labute approximate surface area is 285 Å². The summed E-state index contributed by atoms with van der Waals surface area (Å²) in [6.07, 6.45) is 5.07. The van der Waals surface area contributed by atoms with Crippen LogP contribution in [0.2, 0.25) is 0 Å². The molecule has 7 unspecified atom stereocenters. The smallest absolute Gasteiger partial charge is 0.410 e. The first-order valence-corrected chi connectivity index (χ1v) is 18.9. The number of alkyl carbamates (subject to hydrolysis) is 1. The van der Waals surface area contributed by atoms with E-state index in [0.717, 1.165) is 35.3 Å². The minimum Gasteiger partial charge on any atom is -0.446 e. The first-order valence-electron chi connectivity index (χ1n) is 17.4. The topological polar surface area (TPSA) is 181 Å². The van der Waals surface area contributed by atoms with Crippen molar-refractivity contribution in [2.45, 2.75) is 112 Å². The zero-order valence-electron chi connectivity index (χ0n) is 27.3. The Morgan fingerprint density at radius 1 is 0.959 bits per heavy atom. The molecule has 5 amide bonds. The van der Waals surface area contributed by atoms with Crippen LogP contribution in [0.25, 0.3) is 0 Å². The van der Waals surface area contributed by atoms with Crippen LogP contribution in [0.1, 0.15) is 75.3 Å². The molecule has 0 aromatic heterocycles. The first kappa shape index (κ1) is 33.4. The van der Waals surface area contributed by atoms with Crippen LogP contribution in [0.3, 0.4) is 0 Å². The summed E-state index contributed by atoms with van der Waals surface area (Å²) in [5.74, 6) is -2.76. The van der Waals surface area contributed by atoms with E-state index in [1.54, 1.807) is 0 Å². The Hall–Kier alpha value is -4.14. The maximum atomic E-state index is 14.5. The maximum Gasteiger partial charge on any atom is 0.410 e. The molecule has 7 atom stereocenters. The SMILES string of the molecule is O=C1NC2CCCCCC=CC3CC3NC(=O)C3(CC(OC(=O)N4CCc5ccccc5C4)CN3C2=O)C(=O)NS(=O)(=O)C2CCC(C2)O1. The fourth-order valence-corrected chi connectivity index (χ4v) is 9.43. The second-order valence-electron chi connectivity index (χ2n) is 14.1. The van der Waals surface area contributed by atoms with Gasteiger partial charge in [-0.25, -0.2) is 18.0 Å². The summed E-state index contributed by atoms with van der Waals surface area (Å²) in [4.78, 5) is 72.7. The summed E-state index contributed by atoms with van der Waals surface area (Å²) < 4.78 is 40.9. The van der Waals surface area contributed by atoms with Gasteiger partial charge in [0, 0.05) is 32.0 Å². The van der Waals surface area contributed by atoms with E-state index in [1.165, 1.54) is 4.90 Å². The van der Waals surface area contributed by atoms with Crippen molar-refractivity contribution >= 4 is 39.9 Å². The summed E-state index contributed by atoms with van der Waals surface area (Å²) in [6, 6.07) is 6.28. The highest BCUT2D eigenvalue weighted by Gasteiger charge is 2.62. The van der Waals surface area contributed by atoms with Gasteiger partial charge in [0.05, 0.1) is 11.8 Å². The fraction of sp³-hybridized carbons (Fsp3) is 0.618. The Bertz CT molecular complexity index is 1670. The van der Waals surface area contributed by atoms with Crippen LogP contribution in [0, 0.1) is 5.92 Å². The molecule has 264 valence electrons. The lowest BCUT2D eigenvalue weighted by molar-refractivity contribution is -0.153. The Balaban J connectivity index is 1.25. The van der Waals surface area contributed by atoms with Crippen molar-refractivity contribution in [1.82, 2.24) is 25.2 Å². The van der Waals surface area contributed by atoms with Crippen molar-refractivity contribution < 1.29 is 41.9 Å². The van der Waals surface area contributed by atoms with E-state index in [9.17, 15) is 32.4 Å². The third-order valence-electron chi connectivity index (χ3n) is 10.8. The standard InChI is InChI=1S/C34H43N5O9S/c40-29-27-11-5-3-1-2-4-9-22-16-28(22)35-30(41)34(31(42)37-49(45,46)26-13-12-24(17-26)47-32(43)36-27)18-25(20-39(29)34)48-33(44)38-15-14-21-8-6-7-10-23(21)19-38/h4,6-10,22,24-28H,1-3,5,11-20H2,(H,35,41)(H,36,43)(H,37,42). The van der Waals surface area contributed by atoms with Crippen molar-refractivity contribution in [3.8, 4) is 0 Å². The van der Waals surface area contributed by atoms with Crippen molar-refractivity contribution in [1.29, 1.82) is 0 Å². The van der Waals surface area contributed by atoms with Gasteiger partial charge in [0.1, 0.15) is 18.2 Å². The molecular weight excluding hydrogens is 654 g/mol. The van der Waals surface area contributed by atoms with Crippen molar-refractivity contribution in [2.24, 2.45) is 5.92 Å². The van der Waals surface area contributed by atoms with Gasteiger partial charge in [-0.3, -0.25) is 19.1 Å². The lowest BCUT2D eigenvalue weighted by Crippen LogP contribution is -2.68. The van der Waals surface area contributed by atoms with Gasteiger partial charge in [0.2, 0.25) is 21.5 Å². The molecule has 14 nitrogen and oxygen atoms in total. The number of hydrogen-bond donors (Lipinski definition) is 3. The molecule has 0 radical (unpaired) electrons. The number of benzene rings is 1. The van der Waals surface area contributed by atoms with Gasteiger partial charge >= 0.3 is 12.2 Å². The lowest BCUT2D eigenvalue weighted by atomic mass is 9.92. The second-order valence-corrected chi connectivity index (χ2v) is 16.1. The number of sulfonamides is 1. The van der Waals surface area contributed by atoms with Crippen molar-refractivity contribution in [3.63, 3.8) is 0 Å². The Kier molecular flexibility index (Phi) is 9.05. The quantitative estimate of drug-likeness (QED) is 0.292. The van der Waals surface area contributed by atoms with Gasteiger partial charge in [0.25, 0.3) is 11.8 Å². The molecule has 0 spiro atoms. The van der Waals surface area contributed by atoms with E-state index in [-0.39, 0.29) is 44.2 Å². The summed E-state index contributed by atoms with van der Waals surface area (Å²) in [5.41, 5.74) is -0.273. The number of carbonyl (C=O) groups excluding carboxylic acids is 5. The Morgan fingerprint density at radius 2 is 1.78 bits per heavy atom. The molecule has 3 N–H and O–H groups in total. The summed E-state index contributed by atoms with van der Waals surface area (Å²) >= 11 is 0. The largest absolute Gasteiger partial charge is 0.446 e. The second kappa shape index (κ2) is 13.3. The molecule has 49 heavy (non-hydrogen) atoms. The third kappa shape index (κ3) is 6.73. The maximum absolute atomic E-state index is 14.5. The predicted molar refractivity (Wildman–Crippen MR) is 174 cm³/mol. The number of nitrogens with zero attached hydrogens (tertiary/aromatic N) is 2. The van der Waals surface area contributed by atoms with Crippen LogP contribution in [0.15, 0.2) is 36.4 Å². The van der Waals surface area contributed by atoms with Crippen molar-refractivity contribution in [3.05, 3.63) is 47.5 Å². The number of nitrogens with one attached hydrogen (secondary N) is 3. The van der Waals surface area contributed by atoms with Crippen LogP contribution in [0.4, 0.5) is 9.59 Å². The van der Waals surface area contributed by atoms with Gasteiger partial charge in [-0.15, -0.1) is 0 Å². The predicted octanol–water partition coefficient (Wildman–Crippen LogP) is 2.02. The van der Waals surface area contributed by atoms with Gasteiger partial charge in [-0.2, -0.15) is 0 Å². The van der Waals surface area contributed by atoms with Gasteiger partial charge < -0.3 is 29.9 Å². The molecule has 7 rings (SSSR count). The van der Waals surface area contributed by atoms with Gasteiger partial charge in [0.15, 0.2) is 0 Å². The van der Waals surface area contributed by atoms with Crippen molar-refractivity contribution in [2.75, 3.05) is 13.1 Å². The van der Waals surface area contributed by atoms with Gasteiger partial charge in [-0.05, 0) is 62.0 Å². The molecule has 2 saturated carbocycles. The Morgan fingerprint density at radius 3 is 2.61 bits per heavy atom. The molecular formula is C34H43N5O9S. The summed E-state index contributed by atoms with van der Waals surface area (Å²) in [5, 5.41) is 4.51. The van der Waals surface area contributed by atoms with E-state index < -0.39 is 75.4 Å².